The Balaban J connectivity index is 2.68. The van der Waals surface area contributed by atoms with Gasteiger partial charge >= 0.3 is 0 Å². The van der Waals surface area contributed by atoms with E-state index in [4.69, 9.17) is 5.26 Å². The maximum Gasteiger partial charge on any atom is 0.278 e. The van der Waals surface area contributed by atoms with Gasteiger partial charge in [-0.25, -0.2) is 0 Å². The van der Waals surface area contributed by atoms with Gasteiger partial charge in [0, 0.05) is 30.0 Å². The Morgan fingerprint density at radius 1 is 1.62 bits per heavy atom. The summed E-state index contributed by atoms with van der Waals surface area (Å²) in [4.78, 5) is 16.7. The number of rotatable bonds is 4. The SMILES string of the molecule is N#CCCN(Cc1cncc(Br)c1)C(=O)S. The second kappa shape index (κ2) is 6.51. The Hall–Kier alpha value is -1.06. The van der Waals surface area contributed by atoms with E-state index in [0.29, 0.717) is 19.5 Å². The fraction of sp³-hybridized carbons (Fsp3) is 0.300. The Labute approximate surface area is 108 Å². The molecule has 0 saturated heterocycles. The van der Waals surface area contributed by atoms with Crippen LogP contribution < -0.4 is 0 Å². The van der Waals surface area contributed by atoms with Gasteiger partial charge in [0.2, 0.25) is 0 Å². The van der Waals surface area contributed by atoms with E-state index in [9.17, 15) is 4.79 Å². The lowest BCUT2D eigenvalue weighted by atomic mass is 10.2. The summed E-state index contributed by atoms with van der Waals surface area (Å²) in [6, 6.07) is 3.88. The van der Waals surface area contributed by atoms with Gasteiger partial charge in [-0.3, -0.25) is 9.78 Å². The molecule has 1 aromatic heterocycles. The zero-order valence-corrected chi connectivity index (χ0v) is 10.9. The second-order valence-corrected chi connectivity index (χ2v) is 4.42. The summed E-state index contributed by atoms with van der Waals surface area (Å²) < 4.78 is 0.858. The molecular formula is C10H10BrN3OS. The monoisotopic (exact) mass is 299 g/mol. The molecule has 0 unspecified atom stereocenters. The number of thiol groups is 1. The molecule has 1 rings (SSSR count). The normalized spacial score (nSPS) is 9.56. The average molecular weight is 300 g/mol. The lowest BCUT2D eigenvalue weighted by Gasteiger charge is -2.18. The van der Waals surface area contributed by atoms with Crippen molar-refractivity contribution < 1.29 is 4.79 Å². The number of pyridine rings is 1. The summed E-state index contributed by atoms with van der Waals surface area (Å²) in [7, 11) is 0. The van der Waals surface area contributed by atoms with E-state index >= 15 is 0 Å². The van der Waals surface area contributed by atoms with E-state index < -0.39 is 0 Å². The molecule has 6 heteroatoms. The minimum Gasteiger partial charge on any atom is -0.328 e. The van der Waals surface area contributed by atoms with Crippen molar-refractivity contribution in [1.29, 1.82) is 5.26 Å². The lowest BCUT2D eigenvalue weighted by Crippen LogP contribution is -2.26. The highest BCUT2D eigenvalue weighted by atomic mass is 79.9. The van der Waals surface area contributed by atoms with Crippen molar-refractivity contribution in [2.45, 2.75) is 13.0 Å². The molecule has 4 nitrogen and oxygen atoms in total. The lowest BCUT2D eigenvalue weighted by molar-refractivity contribution is 0.222. The number of halogens is 1. The molecular weight excluding hydrogens is 290 g/mol. The predicted molar refractivity (Wildman–Crippen MR) is 67.0 cm³/mol. The summed E-state index contributed by atoms with van der Waals surface area (Å²) in [6.07, 6.45) is 3.65. The summed E-state index contributed by atoms with van der Waals surface area (Å²) >= 11 is 7.07. The molecule has 0 radical (unpaired) electrons. The van der Waals surface area contributed by atoms with E-state index in [1.54, 1.807) is 12.4 Å². The molecule has 1 amide bonds. The number of hydrogen-bond acceptors (Lipinski definition) is 3. The van der Waals surface area contributed by atoms with E-state index in [2.05, 4.69) is 33.5 Å². The summed E-state index contributed by atoms with van der Waals surface area (Å²) in [5.41, 5.74) is 0.898. The molecule has 0 fully saturated rings. The van der Waals surface area contributed by atoms with Crippen LogP contribution in [0.2, 0.25) is 0 Å². The molecule has 0 saturated carbocycles. The fourth-order valence-corrected chi connectivity index (χ4v) is 1.77. The van der Waals surface area contributed by atoms with Crippen molar-refractivity contribution in [3.05, 3.63) is 28.5 Å². The minimum atomic E-state index is -0.338. The maximum atomic E-state index is 11.2. The van der Waals surface area contributed by atoms with Crippen LogP contribution in [0.1, 0.15) is 12.0 Å². The molecule has 0 bridgehead atoms. The van der Waals surface area contributed by atoms with Crippen LogP contribution in [0.4, 0.5) is 4.79 Å². The van der Waals surface area contributed by atoms with E-state index in [-0.39, 0.29) is 5.24 Å². The number of aromatic nitrogens is 1. The summed E-state index contributed by atoms with van der Waals surface area (Å²) in [5.74, 6) is 0. The number of hydrogen-bond donors (Lipinski definition) is 1. The van der Waals surface area contributed by atoms with Crippen molar-refractivity contribution in [3.63, 3.8) is 0 Å². The maximum absolute atomic E-state index is 11.2. The van der Waals surface area contributed by atoms with Gasteiger partial charge in [0.25, 0.3) is 5.24 Å². The first-order valence-electron chi connectivity index (χ1n) is 4.57. The first kappa shape index (κ1) is 13.0. The van der Waals surface area contributed by atoms with Gasteiger partial charge in [0.1, 0.15) is 0 Å². The molecule has 16 heavy (non-hydrogen) atoms. The molecule has 0 aromatic carbocycles. The molecule has 84 valence electrons. The molecule has 0 aliphatic heterocycles. The minimum absolute atomic E-state index is 0.299. The Kier molecular flexibility index (Phi) is 5.29. The Morgan fingerprint density at radius 2 is 2.38 bits per heavy atom. The van der Waals surface area contributed by atoms with Gasteiger partial charge in [-0.05, 0) is 27.6 Å². The van der Waals surface area contributed by atoms with Crippen LogP contribution in [-0.4, -0.2) is 21.7 Å². The average Bonchev–Trinajstić information content (AvgIpc) is 2.24. The fourth-order valence-electron chi connectivity index (χ4n) is 1.19. The zero-order valence-electron chi connectivity index (χ0n) is 8.43. The van der Waals surface area contributed by atoms with Gasteiger partial charge in [-0.1, -0.05) is 12.6 Å². The second-order valence-electron chi connectivity index (χ2n) is 3.12. The standard InChI is InChI=1S/C10H10BrN3OS/c11-9-4-8(5-13-6-9)7-14(10(15)16)3-1-2-12/h4-6H,1,3,7H2,(H,15,16). The quantitative estimate of drug-likeness (QED) is 0.870. The molecule has 0 aliphatic carbocycles. The molecule has 0 atom stereocenters. The number of carbonyl (C=O) groups is 1. The first-order chi connectivity index (χ1) is 7.63. The van der Waals surface area contributed by atoms with Gasteiger partial charge in [-0.2, -0.15) is 5.26 Å². The summed E-state index contributed by atoms with van der Waals surface area (Å²) in [6.45, 7) is 0.793. The van der Waals surface area contributed by atoms with Crippen LogP contribution in [0, 0.1) is 11.3 Å². The van der Waals surface area contributed by atoms with Crippen LogP contribution in [0.5, 0.6) is 0 Å². The van der Waals surface area contributed by atoms with Crippen molar-refractivity contribution >= 4 is 33.8 Å². The van der Waals surface area contributed by atoms with Crippen molar-refractivity contribution in [2.24, 2.45) is 0 Å². The number of amides is 1. The van der Waals surface area contributed by atoms with E-state index in [1.807, 2.05) is 12.1 Å². The molecule has 0 N–H and O–H groups in total. The van der Waals surface area contributed by atoms with E-state index in [1.165, 1.54) is 4.90 Å². The third-order valence-corrected chi connectivity index (χ3v) is 2.62. The summed E-state index contributed by atoms with van der Waals surface area (Å²) in [5, 5.41) is 8.14. The first-order valence-corrected chi connectivity index (χ1v) is 5.81. The predicted octanol–water partition coefficient (Wildman–Crippen LogP) is 2.61. The largest absolute Gasteiger partial charge is 0.328 e. The number of carbonyl (C=O) groups excluding carboxylic acids is 1. The van der Waals surface area contributed by atoms with Crippen LogP contribution in [0.15, 0.2) is 22.9 Å². The number of nitrogens with zero attached hydrogens (tertiary/aromatic N) is 3. The third kappa shape index (κ3) is 4.21. The van der Waals surface area contributed by atoms with Gasteiger partial charge in [-0.15, -0.1) is 0 Å². The van der Waals surface area contributed by atoms with Crippen molar-refractivity contribution in [2.75, 3.05) is 6.54 Å². The van der Waals surface area contributed by atoms with Crippen LogP contribution >= 0.6 is 28.6 Å². The highest BCUT2D eigenvalue weighted by Gasteiger charge is 2.10. The number of nitriles is 1. The molecule has 0 aliphatic rings. The zero-order chi connectivity index (χ0) is 12.0. The van der Waals surface area contributed by atoms with E-state index in [0.717, 1.165) is 10.0 Å². The van der Waals surface area contributed by atoms with Crippen LogP contribution in [0.25, 0.3) is 0 Å². The topological polar surface area (TPSA) is 57.0 Å². The van der Waals surface area contributed by atoms with Crippen LogP contribution in [-0.2, 0) is 6.54 Å². The van der Waals surface area contributed by atoms with Gasteiger partial charge < -0.3 is 4.90 Å². The van der Waals surface area contributed by atoms with Gasteiger partial charge in [0.05, 0.1) is 12.5 Å². The smallest absolute Gasteiger partial charge is 0.278 e. The Bertz CT molecular complexity index is 419. The molecule has 1 heterocycles. The molecule has 1 aromatic rings. The molecule has 0 spiro atoms. The highest BCUT2D eigenvalue weighted by molar-refractivity contribution is 9.10. The van der Waals surface area contributed by atoms with Crippen molar-refractivity contribution in [3.8, 4) is 6.07 Å². The highest BCUT2D eigenvalue weighted by Crippen LogP contribution is 2.12. The Morgan fingerprint density at radius 3 is 2.94 bits per heavy atom. The van der Waals surface area contributed by atoms with Crippen LogP contribution in [0.3, 0.4) is 0 Å². The van der Waals surface area contributed by atoms with Crippen molar-refractivity contribution in [1.82, 2.24) is 9.88 Å². The van der Waals surface area contributed by atoms with Gasteiger partial charge in [0.15, 0.2) is 0 Å². The third-order valence-electron chi connectivity index (χ3n) is 1.90.